The number of aromatic nitrogens is 4. The Balaban J connectivity index is 1.74. The number of alkyl halides is 1. The highest BCUT2D eigenvalue weighted by atomic mass is 35.5. The third-order valence-corrected chi connectivity index (χ3v) is 7.27. The van der Waals surface area contributed by atoms with E-state index in [0.29, 0.717) is 41.3 Å². The second-order valence-corrected chi connectivity index (χ2v) is 10.2. The predicted molar refractivity (Wildman–Crippen MR) is 130 cm³/mol. The smallest absolute Gasteiger partial charge is 0.288 e. The Morgan fingerprint density at radius 1 is 1.24 bits per heavy atom. The predicted octanol–water partition coefficient (Wildman–Crippen LogP) is 3.32. The Kier molecular flexibility index (Phi) is 5.33. The maximum atomic E-state index is 13.5. The van der Waals surface area contributed by atoms with Gasteiger partial charge < -0.3 is 15.4 Å². The largest absolute Gasteiger partial charge is 0.506 e. The van der Waals surface area contributed by atoms with E-state index in [1.54, 1.807) is 24.3 Å². The molecule has 10 nitrogen and oxygen atoms in total. The number of fused-ring (bicyclic) bond motifs is 4. The van der Waals surface area contributed by atoms with Crippen LogP contribution in [0.4, 0.5) is 5.69 Å². The van der Waals surface area contributed by atoms with Crippen LogP contribution in [0.3, 0.4) is 0 Å². The van der Waals surface area contributed by atoms with Gasteiger partial charge in [0.15, 0.2) is 5.84 Å². The Hall–Kier alpha value is -3.44. The van der Waals surface area contributed by atoms with E-state index in [1.165, 1.54) is 10.8 Å². The highest BCUT2D eigenvalue weighted by Crippen LogP contribution is 2.36. The molecule has 0 unspecified atom stereocenters. The van der Waals surface area contributed by atoms with Gasteiger partial charge in [-0.2, -0.15) is 8.42 Å². The van der Waals surface area contributed by atoms with Crippen molar-refractivity contribution in [2.75, 3.05) is 5.32 Å². The number of imidazole rings is 1. The van der Waals surface area contributed by atoms with E-state index in [9.17, 15) is 18.3 Å². The van der Waals surface area contributed by atoms with E-state index in [4.69, 9.17) is 11.6 Å². The van der Waals surface area contributed by atoms with Crippen molar-refractivity contribution >= 4 is 55.2 Å². The molecular formula is C22H21ClN6O4S. The molecule has 3 N–H and O–H groups in total. The first-order chi connectivity index (χ1) is 16.2. The van der Waals surface area contributed by atoms with Gasteiger partial charge in [0.25, 0.3) is 15.6 Å². The number of aryl methyl sites for hydroxylation is 1. The maximum Gasteiger partial charge on any atom is 0.288 e. The lowest BCUT2D eigenvalue weighted by molar-refractivity contribution is 0.473. The molecule has 3 aromatic heterocycles. The number of pyridine rings is 2. The normalized spacial score (nSPS) is 14.9. The summed E-state index contributed by atoms with van der Waals surface area (Å²) in [4.78, 5) is 24.9. The number of hydrogen-bond donors (Lipinski definition) is 3. The average Bonchev–Trinajstić information content (AvgIpc) is 3.21. The summed E-state index contributed by atoms with van der Waals surface area (Å²) in [5.74, 6) is 0.174. The third kappa shape index (κ3) is 3.51. The number of sulfonamides is 1. The molecule has 0 spiro atoms. The molecular weight excluding hydrogens is 480 g/mol. The zero-order valence-corrected chi connectivity index (χ0v) is 19.9. The van der Waals surface area contributed by atoms with Crippen molar-refractivity contribution in [2.24, 2.45) is 10.3 Å². The summed E-state index contributed by atoms with van der Waals surface area (Å²) in [5.41, 5.74) is 0.394. The first-order valence-electron chi connectivity index (χ1n) is 10.6. The number of hydrogen-bond acceptors (Lipinski definition) is 7. The number of halogens is 1. The van der Waals surface area contributed by atoms with E-state index in [1.807, 2.05) is 13.8 Å². The molecule has 4 aromatic rings. The molecule has 0 fully saturated rings. The molecule has 0 aliphatic carbocycles. The van der Waals surface area contributed by atoms with Gasteiger partial charge in [-0.25, -0.2) is 9.97 Å². The highest BCUT2D eigenvalue weighted by molar-refractivity contribution is 7.90. The van der Waals surface area contributed by atoms with Crippen LogP contribution in [0, 0.1) is 5.92 Å². The lowest BCUT2D eigenvalue weighted by Crippen LogP contribution is -2.33. The molecule has 4 heterocycles. The number of aromatic amines is 1. The lowest BCUT2D eigenvalue weighted by Gasteiger charge is -2.20. The summed E-state index contributed by atoms with van der Waals surface area (Å²) >= 11 is 5.84. The minimum atomic E-state index is -4.26. The number of H-pyrrole nitrogens is 1. The molecule has 1 aliphatic heterocycles. The second kappa shape index (κ2) is 8.10. The van der Waals surface area contributed by atoms with Crippen molar-refractivity contribution < 1.29 is 13.5 Å². The van der Waals surface area contributed by atoms with Gasteiger partial charge in [0.05, 0.1) is 22.5 Å². The Morgan fingerprint density at radius 3 is 2.76 bits per heavy atom. The molecule has 1 aromatic carbocycles. The van der Waals surface area contributed by atoms with E-state index in [-0.39, 0.29) is 39.1 Å². The van der Waals surface area contributed by atoms with Crippen molar-refractivity contribution in [2.45, 2.75) is 37.6 Å². The van der Waals surface area contributed by atoms with Crippen LogP contribution in [-0.2, 0) is 22.4 Å². The third-order valence-electron chi connectivity index (χ3n) is 5.67. The second-order valence-electron chi connectivity index (χ2n) is 8.43. The number of anilines is 1. The fourth-order valence-electron chi connectivity index (χ4n) is 4.02. The Bertz CT molecular complexity index is 1660. The minimum Gasteiger partial charge on any atom is -0.506 e. The molecule has 0 bridgehead atoms. The van der Waals surface area contributed by atoms with Crippen LogP contribution in [0.2, 0.25) is 0 Å². The van der Waals surface area contributed by atoms with Gasteiger partial charge in [-0.05, 0) is 36.6 Å². The Labute approximate surface area is 199 Å². The number of nitrogens with zero attached hydrogens (tertiary/aromatic N) is 4. The highest BCUT2D eigenvalue weighted by Gasteiger charge is 2.32. The van der Waals surface area contributed by atoms with Crippen molar-refractivity contribution in [1.29, 1.82) is 0 Å². The van der Waals surface area contributed by atoms with Crippen molar-refractivity contribution in [1.82, 2.24) is 19.5 Å². The minimum absolute atomic E-state index is 0.0837. The number of benzene rings is 1. The summed E-state index contributed by atoms with van der Waals surface area (Å²) in [5, 5.41) is 14.2. The van der Waals surface area contributed by atoms with Crippen LogP contribution < -0.4 is 10.9 Å². The topological polar surface area (TPSA) is 142 Å². The quantitative estimate of drug-likeness (QED) is 0.357. The lowest BCUT2D eigenvalue weighted by atomic mass is 10.1. The number of rotatable bonds is 5. The van der Waals surface area contributed by atoms with E-state index >= 15 is 0 Å². The molecule has 1 aliphatic rings. The monoisotopic (exact) mass is 500 g/mol. The van der Waals surface area contributed by atoms with Crippen molar-refractivity contribution in [3.05, 3.63) is 52.2 Å². The van der Waals surface area contributed by atoms with Crippen LogP contribution in [0.15, 0.2) is 44.6 Å². The fraction of sp³-hybridized carbons (Fsp3) is 0.273. The van der Waals surface area contributed by atoms with Gasteiger partial charge in [-0.15, -0.1) is 16.0 Å². The molecule has 0 radical (unpaired) electrons. The van der Waals surface area contributed by atoms with Crippen LogP contribution in [0.1, 0.15) is 31.7 Å². The molecule has 12 heteroatoms. The summed E-state index contributed by atoms with van der Waals surface area (Å²) in [6.07, 6.45) is 2.23. The summed E-state index contributed by atoms with van der Waals surface area (Å²) < 4.78 is 31.8. The van der Waals surface area contributed by atoms with E-state index in [2.05, 4.69) is 24.7 Å². The average molecular weight is 501 g/mol. The number of nitrogens with one attached hydrogen (secondary N) is 2. The summed E-state index contributed by atoms with van der Waals surface area (Å²) in [7, 11) is -4.26. The first-order valence-corrected chi connectivity index (χ1v) is 12.6. The molecule has 0 atom stereocenters. The zero-order chi connectivity index (χ0) is 24.2. The van der Waals surface area contributed by atoms with E-state index < -0.39 is 15.6 Å². The molecule has 5 rings (SSSR count). The van der Waals surface area contributed by atoms with Crippen LogP contribution in [-0.4, -0.2) is 38.9 Å². The van der Waals surface area contributed by atoms with E-state index in [0.717, 1.165) is 0 Å². The van der Waals surface area contributed by atoms with Crippen LogP contribution >= 0.6 is 11.6 Å². The van der Waals surface area contributed by atoms with Gasteiger partial charge in [-0.3, -0.25) is 9.36 Å². The molecule has 34 heavy (non-hydrogen) atoms. The molecule has 0 amide bonds. The van der Waals surface area contributed by atoms with Crippen LogP contribution in [0.5, 0.6) is 5.75 Å². The number of amidine groups is 1. The fourth-order valence-corrected chi connectivity index (χ4v) is 5.41. The maximum absolute atomic E-state index is 13.5. The standard InChI is InChI=1S/C22H21ClN6O4S/c1-11(2)7-9-29-21-12(4-3-8-24-21)18(30)16(22(29)31)20-26-14-6-5-13-17(27-15(10-23)25-13)19(14)34(32,33)28-20/h3-6,8,11,30H,7,9-10H2,1-2H3,(H,25,27)(H,26,28). The first kappa shape index (κ1) is 22.4. The zero-order valence-electron chi connectivity index (χ0n) is 18.3. The molecule has 0 saturated heterocycles. The van der Waals surface area contributed by atoms with Gasteiger partial charge >= 0.3 is 0 Å². The van der Waals surface area contributed by atoms with Crippen LogP contribution in [0.25, 0.3) is 22.1 Å². The summed E-state index contributed by atoms with van der Waals surface area (Å²) in [6, 6.07) is 6.47. The van der Waals surface area contributed by atoms with Crippen molar-refractivity contribution in [3.8, 4) is 5.75 Å². The van der Waals surface area contributed by atoms with Gasteiger partial charge in [-0.1, -0.05) is 13.8 Å². The van der Waals surface area contributed by atoms with Gasteiger partial charge in [0.2, 0.25) is 0 Å². The van der Waals surface area contributed by atoms with Gasteiger partial charge in [0, 0.05) is 12.7 Å². The number of aromatic hydroxyl groups is 1. The summed E-state index contributed by atoms with van der Waals surface area (Å²) in [6.45, 7) is 4.41. The molecule has 176 valence electrons. The van der Waals surface area contributed by atoms with Crippen molar-refractivity contribution in [3.63, 3.8) is 0 Å². The SMILES string of the molecule is CC(C)CCn1c(=O)c(C2=NS(=O)(=O)c3c(ccc4[nH]c(CCl)nc34)N2)c(O)c2cccnc21. The molecule has 0 saturated carbocycles. The Morgan fingerprint density at radius 2 is 2.03 bits per heavy atom. The van der Waals surface area contributed by atoms with Gasteiger partial charge in [0.1, 0.15) is 33.2 Å².